The fourth-order valence-electron chi connectivity index (χ4n) is 1.27. The standard InChI is InChI=1S/C11H11BrFN3O/c1-2-16-7-14-11(15-16)6-17-8-3-4-9(12)10(13)5-8/h3-5,7H,2,6H2,1H3. The molecule has 0 amide bonds. The summed E-state index contributed by atoms with van der Waals surface area (Å²) in [6.07, 6.45) is 1.64. The Balaban J connectivity index is 1.99. The monoisotopic (exact) mass is 299 g/mol. The Morgan fingerprint density at radius 3 is 2.94 bits per heavy atom. The topological polar surface area (TPSA) is 39.9 Å². The van der Waals surface area contributed by atoms with Crippen LogP contribution in [-0.4, -0.2) is 14.8 Å². The van der Waals surface area contributed by atoms with E-state index in [1.807, 2.05) is 6.92 Å². The van der Waals surface area contributed by atoms with E-state index in [0.717, 1.165) is 6.54 Å². The van der Waals surface area contributed by atoms with Crippen LogP contribution in [0.3, 0.4) is 0 Å². The summed E-state index contributed by atoms with van der Waals surface area (Å²) < 4.78 is 20.7. The number of ether oxygens (including phenoxy) is 1. The van der Waals surface area contributed by atoms with Crippen molar-refractivity contribution in [3.05, 3.63) is 40.6 Å². The van der Waals surface area contributed by atoms with Gasteiger partial charge in [-0.15, -0.1) is 0 Å². The van der Waals surface area contributed by atoms with Crippen LogP contribution in [0.1, 0.15) is 12.7 Å². The van der Waals surface area contributed by atoms with Gasteiger partial charge in [0.25, 0.3) is 0 Å². The van der Waals surface area contributed by atoms with Gasteiger partial charge in [0.2, 0.25) is 0 Å². The molecule has 0 bridgehead atoms. The molecule has 0 atom stereocenters. The molecule has 0 radical (unpaired) electrons. The molecule has 0 saturated carbocycles. The van der Waals surface area contributed by atoms with E-state index in [4.69, 9.17) is 4.74 Å². The average Bonchev–Trinajstić information content (AvgIpc) is 2.79. The number of halogens is 2. The van der Waals surface area contributed by atoms with Crippen LogP contribution in [-0.2, 0) is 13.2 Å². The van der Waals surface area contributed by atoms with Crippen LogP contribution < -0.4 is 4.74 Å². The molecule has 2 aromatic rings. The molecular weight excluding hydrogens is 289 g/mol. The van der Waals surface area contributed by atoms with E-state index in [9.17, 15) is 4.39 Å². The van der Waals surface area contributed by atoms with Crippen LogP contribution in [0.25, 0.3) is 0 Å². The van der Waals surface area contributed by atoms with Crippen molar-refractivity contribution < 1.29 is 9.13 Å². The fraction of sp³-hybridized carbons (Fsp3) is 0.273. The minimum Gasteiger partial charge on any atom is -0.485 e. The summed E-state index contributed by atoms with van der Waals surface area (Å²) >= 11 is 3.08. The van der Waals surface area contributed by atoms with Crippen LogP contribution >= 0.6 is 15.9 Å². The number of nitrogens with zero attached hydrogens (tertiary/aromatic N) is 3. The summed E-state index contributed by atoms with van der Waals surface area (Å²) in [7, 11) is 0. The van der Waals surface area contributed by atoms with E-state index in [1.54, 1.807) is 23.1 Å². The minimum absolute atomic E-state index is 0.230. The molecule has 2 rings (SSSR count). The van der Waals surface area contributed by atoms with Gasteiger partial charge in [0, 0.05) is 12.6 Å². The maximum atomic E-state index is 13.2. The number of hydrogen-bond acceptors (Lipinski definition) is 3. The first-order valence-electron chi connectivity index (χ1n) is 5.15. The van der Waals surface area contributed by atoms with E-state index in [1.165, 1.54) is 6.07 Å². The van der Waals surface area contributed by atoms with Gasteiger partial charge in [-0.05, 0) is 35.0 Å². The highest BCUT2D eigenvalue weighted by atomic mass is 79.9. The van der Waals surface area contributed by atoms with Gasteiger partial charge >= 0.3 is 0 Å². The van der Waals surface area contributed by atoms with Gasteiger partial charge in [-0.1, -0.05) is 0 Å². The lowest BCUT2D eigenvalue weighted by atomic mass is 10.3. The Morgan fingerprint density at radius 1 is 1.47 bits per heavy atom. The number of aromatic nitrogens is 3. The first-order chi connectivity index (χ1) is 8.19. The second-order valence-corrected chi connectivity index (χ2v) is 4.24. The number of benzene rings is 1. The molecule has 0 aliphatic carbocycles. The van der Waals surface area contributed by atoms with E-state index in [0.29, 0.717) is 16.0 Å². The molecule has 4 nitrogen and oxygen atoms in total. The molecule has 0 spiro atoms. The summed E-state index contributed by atoms with van der Waals surface area (Å²) in [4.78, 5) is 4.07. The van der Waals surface area contributed by atoms with Gasteiger partial charge in [-0.3, -0.25) is 4.68 Å². The van der Waals surface area contributed by atoms with E-state index in [-0.39, 0.29) is 12.4 Å². The maximum Gasteiger partial charge on any atom is 0.188 e. The van der Waals surface area contributed by atoms with Crippen molar-refractivity contribution in [3.8, 4) is 5.75 Å². The largest absolute Gasteiger partial charge is 0.485 e. The Bertz CT molecular complexity index is 515. The molecular formula is C11H11BrFN3O. The second kappa shape index (κ2) is 5.27. The first kappa shape index (κ1) is 12.0. The van der Waals surface area contributed by atoms with E-state index < -0.39 is 0 Å². The molecule has 0 aliphatic rings. The number of aryl methyl sites for hydroxylation is 1. The maximum absolute atomic E-state index is 13.2. The third-order valence-corrected chi connectivity index (χ3v) is 2.81. The highest BCUT2D eigenvalue weighted by Crippen LogP contribution is 2.21. The van der Waals surface area contributed by atoms with Gasteiger partial charge in [-0.2, -0.15) is 5.10 Å². The summed E-state index contributed by atoms with van der Waals surface area (Å²) in [6, 6.07) is 4.60. The van der Waals surface area contributed by atoms with Crippen LogP contribution in [0.4, 0.5) is 4.39 Å². The van der Waals surface area contributed by atoms with Crippen molar-refractivity contribution in [2.75, 3.05) is 0 Å². The van der Waals surface area contributed by atoms with Crippen LogP contribution in [0.15, 0.2) is 29.0 Å². The van der Waals surface area contributed by atoms with Gasteiger partial charge in [-0.25, -0.2) is 9.37 Å². The zero-order valence-corrected chi connectivity index (χ0v) is 10.8. The fourth-order valence-corrected chi connectivity index (χ4v) is 1.51. The Morgan fingerprint density at radius 2 is 2.29 bits per heavy atom. The van der Waals surface area contributed by atoms with Crippen molar-refractivity contribution in [2.24, 2.45) is 0 Å². The van der Waals surface area contributed by atoms with Crippen molar-refractivity contribution in [1.82, 2.24) is 14.8 Å². The zero-order valence-electron chi connectivity index (χ0n) is 9.23. The smallest absolute Gasteiger partial charge is 0.188 e. The lowest BCUT2D eigenvalue weighted by molar-refractivity contribution is 0.293. The lowest BCUT2D eigenvalue weighted by Crippen LogP contribution is -2.00. The molecule has 1 aromatic carbocycles. The Kier molecular flexibility index (Phi) is 3.73. The van der Waals surface area contributed by atoms with Crippen molar-refractivity contribution in [3.63, 3.8) is 0 Å². The highest BCUT2D eigenvalue weighted by molar-refractivity contribution is 9.10. The quantitative estimate of drug-likeness (QED) is 0.871. The van der Waals surface area contributed by atoms with Crippen molar-refractivity contribution >= 4 is 15.9 Å². The summed E-state index contributed by atoms with van der Waals surface area (Å²) in [6.45, 7) is 2.97. The normalized spacial score (nSPS) is 10.5. The molecule has 1 heterocycles. The van der Waals surface area contributed by atoms with Crippen molar-refractivity contribution in [2.45, 2.75) is 20.1 Å². The predicted octanol–water partition coefficient (Wildman–Crippen LogP) is 2.78. The van der Waals surface area contributed by atoms with Crippen LogP contribution in [0.5, 0.6) is 5.75 Å². The molecule has 90 valence electrons. The SMILES string of the molecule is CCn1cnc(COc2ccc(Br)c(F)c2)n1. The zero-order chi connectivity index (χ0) is 12.3. The second-order valence-electron chi connectivity index (χ2n) is 3.38. The van der Waals surface area contributed by atoms with Crippen LogP contribution in [0.2, 0.25) is 0 Å². The van der Waals surface area contributed by atoms with Gasteiger partial charge < -0.3 is 4.74 Å². The van der Waals surface area contributed by atoms with Gasteiger partial charge in [0.05, 0.1) is 4.47 Å². The number of rotatable bonds is 4. The Hall–Kier alpha value is -1.43. The molecule has 1 aromatic heterocycles. The third-order valence-electron chi connectivity index (χ3n) is 2.17. The van der Waals surface area contributed by atoms with Crippen LogP contribution in [0, 0.1) is 5.82 Å². The summed E-state index contributed by atoms with van der Waals surface area (Å²) in [5.41, 5.74) is 0. The molecule has 0 unspecified atom stereocenters. The Labute approximate surface area is 107 Å². The minimum atomic E-state index is -0.352. The molecule has 0 aliphatic heterocycles. The van der Waals surface area contributed by atoms with E-state index in [2.05, 4.69) is 26.0 Å². The average molecular weight is 300 g/mol. The lowest BCUT2D eigenvalue weighted by Gasteiger charge is -2.04. The molecule has 6 heteroatoms. The molecule has 0 N–H and O–H groups in total. The summed E-state index contributed by atoms with van der Waals surface area (Å²) in [5, 5.41) is 4.16. The highest BCUT2D eigenvalue weighted by Gasteiger charge is 2.04. The predicted molar refractivity (Wildman–Crippen MR) is 64.1 cm³/mol. The number of hydrogen-bond donors (Lipinski definition) is 0. The van der Waals surface area contributed by atoms with Gasteiger partial charge in [0.1, 0.15) is 24.5 Å². The summed E-state index contributed by atoms with van der Waals surface area (Å²) in [5.74, 6) is 0.684. The molecule has 17 heavy (non-hydrogen) atoms. The molecule has 0 saturated heterocycles. The van der Waals surface area contributed by atoms with E-state index >= 15 is 0 Å². The first-order valence-corrected chi connectivity index (χ1v) is 5.94. The van der Waals surface area contributed by atoms with Gasteiger partial charge in [0.15, 0.2) is 5.82 Å². The van der Waals surface area contributed by atoms with Crippen molar-refractivity contribution in [1.29, 1.82) is 0 Å². The molecule has 0 fully saturated rings. The third kappa shape index (κ3) is 3.03.